The molecule has 5 rings (SSSR count). The van der Waals surface area contributed by atoms with Gasteiger partial charge in [0, 0.05) is 49.6 Å². The van der Waals surface area contributed by atoms with Crippen LogP contribution < -0.4 is 10.1 Å². The van der Waals surface area contributed by atoms with Crippen LogP contribution in [-0.4, -0.2) is 64.9 Å². The predicted octanol–water partition coefficient (Wildman–Crippen LogP) is 4.52. The number of aliphatic hydroxyl groups is 1. The van der Waals surface area contributed by atoms with Crippen molar-refractivity contribution < 1.29 is 28.2 Å². The maximum absolute atomic E-state index is 13.6. The highest BCUT2D eigenvalue weighted by atomic mass is 19.1. The fraction of sp³-hybridized carbons (Fsp3) is 0.393. The van der Waals surface area contributed by atoms with Crippen molar-refractivity contribution in [3.05, 3.63) is 58.6 Å². The highest BCUT2D eigenvalue weighted by molar-refractivity contribution is 6.07. The van der Waals surface area contributed by atoms with E-state index in [2.05, 4.69) is 10.3 Å². The van der Waals surface area contributed by atoms with Gasteiger partial charge in [0.2, 0.25) is 0 Å². The number of hydrogen-bond donors (Lipinski definition) is 4. The Morgan fingerprint density at radius 1 is 1.26 bits per heavy atom. The molecule has 0 spiro atoms. The summed E-state index contributed by atoms with van der Waals surface area (Å²) in [6.45, 7) is 6.32. The van der Waals surface area contributed by atoms with Crippen molar-refractivity contribution in [1.29, 1.82) is 5.41 Å². The molecule has 1 aliphatic carbocycles. The lowest BCUT2D eigenvalue weighted by molar-refractivity contribution is 0.0501. The molecule has 38 heavy (non-hydrogen) atoms. The molecule has 1 saturated carbocycles. The number of rotatable bonds is 7. The minimum atomic E-state index is -1.01. The van der Waals surface area contributed by atoms with Gasteiger partial charge in [0.05, 0.1) is 22.9 Å². The monoisotopic (exact) mass is 524 g/mol. The summed E-state index contributed by atoms with van der Waals surface area (Å²) >= 11 is 0. The number of alkyl halides is 1. The zero-order valence-electron chi connectivity index (χ0n) is 21.9. The van der Waals surface area contributed by atoms with Crippen LogP contribution in [0.3, 0.4) is 0 Å². The third-order valence-electron chi connectivity index (χ3n) is 7.23. The lowest BCUT2D eigenvalue weighted by Gasteiger charge is -2.38. The second-order valence-corrected chi connectivity index (χ2v) is 9.50. The highest BCUT2D eigenvalue weighted by Gasteiger charge is 2.33. The number of benzene rings is 1. The minimum absolute atomic E-state index is 0.0257. The number of halogens is 1. The average Bonchev–Trinajstić information content (AvgIpc) is 3.44. The van der Waals surface area contributed by atoms with Crippen LogP contribution in [-0.2, 0) is 0 Å². The molecule has 2 aromatic heterocycles. The van der Waals surface area contributed by atoms with Crippen LogP contribution in [0.1, 0.15) is 63.9 Å². The largest absolute Gasteiger partial charge is 0.460 e. The predicted molar refractivity (Wildman–Crippen MR) is 143 cm³/mol. The zero-order chi connectivity index (χ0) is 27.6. The van der Waals surface area contributed by atoms with Crippen molar-refractivity contribution >= 4 is 34.8 Å². The Hall–Kier alpha value is -3.92. The standard InChI is InChI=1S/C27H29FN4O4.CH4O/c1-14-9-11-32(14)27(34)19-13-30-25(15(19)2)22(8-10-29)36-17-4-5-18-23(12-17)35-16(3)24(18)26(33)31-21-7-6-20(21)28;1-2/h4-5,8,10,12-14,20-21,29-30H,6-7,9,11H2,1-3H3,(H,31,33);2H,1H3/b22-8+,29-10?;. The van der Waals surface area contributed by atoms with Gasteiger partial charge in [0.1, 0.15) is 23.3 Å². The Bertz CT molecular complexity index is 1390. The zero-order valence-corrected chi connectivity index (χ0v) is 21.9. The molecule has 2 fully saturated rings. The molecule has 1 aromatic carbocycles. The summed E-state index contributed by atoms with van der Waals surface area (Å²) in [5.41, 5.74) is 2.76. The smallest absolute Gasteiger partial charge is 0.255 e. The van der Waals surface area contributed by atoms with Crippen molar-refractivity contribution in [3.8, 4) is 5.75 Å². The first-order valence-corrected chi connectivity index (χ1v) is 12.6. The van der Waals surface area contributed by atoms with E-state index >= 15 is 0 Å². The summed E-state index contributed by atoms with van der Waals surface area (Å²) in [4.78, 5) is 30.6. The van der Waals surface area contributed by atoms with Gasteiger partial charge in [0.25, 0.3) is 11.8 Å². The number of hydrogen-bond acceptors (Lipinski definition) is 6. The normalized spacial score (nSPS) is 20.6. The number of allylic oxidation sites excluding steroid dienone is 1. The van der Waals surface area contributed by atoms with Gasteiger partial charge >= 0.3 is 0 Å². The van der Waals surface area contributed by atoms with Gasteiger partial charge < -0.3 is 34.9 Å². The Labute approximate surface area is 220 Å². The molecular weight excluding hydrogens is 491 g/mol. The Kier molecular flexibility index (Phi) is 8.01. The van der Waals surface area contributed by atoms with E-state index in [0.29, 0.717) is 57.9 Å². The summed E-state index contributed by atoms with van der Waals surface area (Å²) in [6.07, 6.45) is 5.38. The maximum atomic E-state index is 13.6. The van der Waals surface area contributed by atoms with Crippen molar-refractivity contribution in [3.63, 3.8) is 0 Å². The number of aliphatic hydroxyl groups excluding tert-OH is 1. The van der Waals surface area contributed by atoms with Gasteiger partial charge in [-0.3, -0.25) is 9.59 Å². The molecule has 3 aromatic rings. The average molecular weight is 525 g/mol. The van der Waals surface area contributed by atoms with Crippen molar-refractivity contribution in [2.75, 3.05) is 13.7 Å². The van der Waals surface area contributed by atoms with E-state index in [-0.39, 0.29) is 17.9 Å². The molecule has 3 unspecified atom stereocenters. The highest BCUT2D eigenvalue weighted by Crippen LogP contribution is 2.33. The van der Waals surface area contributed by atoms with Crippen LogP contribution in [0.4, 0.5) is 4.39 Å². The first kappa shape index (κ1) is 27.1. The number of nitrogens with one attached hydrogen (secondary N) is 3. The number of carbonyl (C=O) groups excluding carboxylic acids is 2. The summed E-state index contributed by atoms with van der Waals surface area (Å²) in [5, 5.41) is 17.9. The van der Waals surface area contributed by atoms with Gasteiger partial charge in [-0.05, 0) is 57.7 Å². The van der Waals surface area contributed by atoms with Gasteiger partial charge in [-0.15, -0.1) is 0 Å². The van der Waals surface area contributed by atoms with Crippen LogP contribution in [0.2, 0.25) is 0 Å². The minimum Gasteiger partial charge on any atom is -0.460 e. The summed E-state index contributed by atoms with van der Waals surface area (Å²) < 4.78 is 25.6. The molecule has 2 aliphatic rings. The van der Waals surface area contributed by atoms with E-state index in [1.54, 1.807) is 31.3 Å². The fourth-order valence-electron chi connectivity index (χ4n) is 4.72. The molecule has 4 N–H and O–H groups in total. The van der Waals surface area contributed by atoms with Crippen molar-refractivity contribution in [2.24, 2.45) is 0 Å². The van der Waals surface area contributed by atoms with Gasteiger partial charge in [-0.1, -0.05) is 0 Å². The van der Waals surface area contributed by atoms with Gasteiger partial charge in [-0.2, -0.15) is 0 Å². The van der Waals surface area contributed by atoms with Crippen LogP contribution in [0.5, 0.6) is 5.75 Å². The second-order valence-electron chi connectivity index (χ2n) is 9.50. The molecule has 2 amide bonds. The molecule has 0 radical (unpaired) electrons. The second kappa shape index (κ2) is 11.2. The number of furan rings is 1. The van der Waals surface area contributed by atoms with Crippen LogP contribution in [0.15, 0.2) is 34.9 Å². The third kappa shape index (κ3) is 4.96. The SMILES string of the molecule is CO.Cc1oc2cc(O/C(=C/C=N)c3[nH]cc(C(=O)N4CCC4C)c3C)ccc2c1C(=O)NC1CCC1F. The Balaban J connectivity index is 0.00000164. The number of amides is 2. The van der Waals surface area contributed by atoms with Crippen LogP contribution >= 0.6 is 0 Å². The molecule has 1 aliphatic heterocycles. The number of ether oxygens (including phenoxy) is 1. The van der Waals surface area contributed by atoms with E-state index in [1.807, 2.05) is 18.7 Å². The lowest BCUT2D eigenvalue weighted by atomic mass is 9.90. The summed E-state index contributed by atoms with van der Waals surface area (Å²) in [7, 11) is 1.00. The summed E-state index contributed by atoms with van der Waals surface area (Å²) in [6, 6.07) is 4.88. The van der Waals surface area contributed by atoms with Crippen LogP contribution in [0.25, 0.3) is 16.7 Å². The van der Waals surface area contributed by atoms with Gasteiger partial charge in [0.15, 0.2) is 5.76 Å². The molecular formula is C28H33FN4O5. The first-order chi connectivity index (χ1) is 18.3. The van der Waals surface area contributed by atoms with E-state index in [9.17, 15) is 14.0 Å². The molecule has 10 heteroatoms. The quantitative estimate of drug-likeness (QED) is 0.267. The number of aryl methyl sites for hydroxylation is 1. The molecule has 0 bridgehead atoms. The molecule has 9 nitrogen and oxygen atoms in total. The van der Waals surface area contributed by atoms with E-state index in [0.717, 1.165) is 31.9 Å². The van der Waals surface area contributed by atoms with Crippen LogP contribution in [0, 0.1) is 19.3 Å². The lowest BCUT2D eigenvalue weighted by Crippen LogP contribution is -2.49. The number of H-pyrrole nitrogens is 1. The van der Waals surface area contributed by atoms with E-state index in [1.165, 1.54) is 6.08 Å². The topological polar surface area (TPSA) is 132 Å². The first-order valence-electron chi connectivity index (χ1n) is 12.6. The van der Waals surface area contributed by atoms with Crippen molar-refractivity contribution in [1.82, 2.24) is 15.2 Å². The number of aromatic nitrogens is 1. The van der Waals surface area contributed by atoms with E-state index in [4.69, 9.17) is 19.7 Å². The number of carbonyl (C=O) groups is 2. The van der Waals surface area contributed by atoms with Gasteiger partial charge in [-0.25, -0.2) is 4.39 Å². The molecule has 202 valence electrons. The van der Waals surface area contributed by atoms with E-state index < -0.39 is 12.2 Å². The number of likely N-dealkylation sites (tertiary alicyclic amines) is 1. The number of fused-ring (bicyclic) bond motifs is 1. The molecule has 3 atom stereocenters. The molecule has 3 heterocycles. The summed E-state index contributed by atoms with van der Waals surface area (Å²) in [5.74, 6) is 0.873. The Morgan fingerprint density at radius 3 is 2.61 bits per heavy atom. The molecule has 1 saturated heterocycles. The fourth-order valence-corrected chi connectivity index (χ4v) is 4.72. The Morgan fingerprint density at radius 2 is 2.03 bits per heavy atom. The maximum Gasteiger partial charge on any atom is 0.255 e. The number of nitrogens with zero attached hydrogens (tertiary/aromatic N) is 1. The van der Waals surface area contributed by atoms with Crippen molar-refractivity contribution in [2.45, 2.75) is 58.3 Å². The number of aromatic amines is 1. The third-order valence-corrected chi connectivity index (χ3v) is 7.23.